The highest BCUT2D eigenvalue weighted by atomic mass is 32.2. The summed E-state index contributed by atoms with van der Waals surface area (Å²) in [4.78, 5) is 12.4. The van der Waals surface area contributed by atoms with Gasteiger partial charge in [-0.1, -0.05) is 48.7 Å². The zero-order chi connectivity index (χ0) is 20.9. The molecule has 1 fully saturated rings. The smallest absolute Gasteiger partial charge is 0.240 e. The van der Waals surface area contributed by atoms with Crippen LogP contribution in [0.25, 0.3) is 0 Å². The molecule has 1 aromatic heterocycles. The molecule has 3 rings (SSSR count). The third-order valence-corrected chi connectivity index (χ3v) is 7.42. The highest BCUT2D eigenvalue weighted by Crippen LogP contribution is 2.19. The van der Waals surface area contributed by atoms with Gasteiger partial charge in [-0.15, -0.1) is 10.2 Å². The molecule has 1 aliphatic carbocycles. The molecule has 10 heteroatoms. The van der Waals surface area contributed by atoms with Crippen LogP contribution < -0.4 is 10.0 Å². The molecule has 1 saturated carbocycles. The van der Waals surface area contributed by atoms with Gasteiger partial charge in [0.25, 0.3) is 0 Å². The number of thioether (sulfide) groups is 1. The highest BCUT2D eigenvalue weighted by molar-refractivity contribution is 7.99. The van der Waals surface area contributed by atoms with Gasteiger partial charge in [-0.25, -0.2) is 13.1 Å². The van der Waals surface area contributed by atoms with Crippen molar-refractivity contribution in [2.45, 2.75) is 61.7 Å². The molecule has 8 nitrogen and oxygen atoms in total. The number of aromatic nitrogens is 3. The largest absolute Gasteiger partial charge is 0.353 e. The molecule has 2 N–H and O–H groups in total. The van der Waals surface area contributed by atoms with Crippen molar-refractivity contribution in [3.8, 4) is 0 Å². The van der Waals surface area contributed by atoms with Crippen molar-refractivity contribution in [2.24, 2.45) is 7.05 Å². The fourth-order valence-corrected chi connectivity index (χ4v) is 4.95. The Labute approximate surface area is 175 Å². The van der Waals surface area contributed by atoms with Gasteiger partial charge >= 0.3 is 0 Å². The van der Waals surface area contributed by atoms with Gasteiger partial charge in [0.1, 0.15) is 5.82 Å². The second kappa shape index (κ2) is 9.73. The van der Waals surface area contributed by atoms with Crippen LogP contribution in [0.15, 0.2) is 34.3 Å². The van der Waals surface area contributed by atoms with Crippen LogP contribution in [0.2, 0.25) is 0 Å². The Kier molecular flexibility index (Phi) is 7.31. The molecule has 1 aliphatic rings. The number of hydrogen-bond acceptors (Lipinski definition) is 6. The normalized spacial score (nSPS) is 15.4. The van der Waals surface area contributed by atoms with Crippen LogP contribution in [0.3, 0.4) is 0 Å². The van der Waals surface area contributed by atoms with Crippen molar-refractivity contribution in [2.75, 3.05) is 5.75 Å². The van der Waals surface area contributed by atoms with Gasteiger partial charge < -0.3 is 9.88 Å². The number of aryl methyl sites for hydroxylation is 1. The maximum Gasteiger partial charge on any atom is 0.240 e. The second-order valence-electron chi connectivity index (χ2n) is 7.29. The van der Waals surface area contributed by atoms with Crippen molar-refractivity contribution in [3.05, 3.63) is 35.7 Å². The van der Waals surface area contributed by atoms with Crippen molar-refractivity contribution >= 4 is 27.7 Å². The first-order valence-corrected chi connectivity index (χ1v) is 12.2. The SMILES string of the molecule is Cc1ccc(S(=O)(=O)NCc2nnc(SCC(=O)NC3CCCCC3)n2C)cc1. The standard InChI is InChI=1S/C19H27N5O3S2/c1-14-8-10-16(11-9-14)29(26,27)20-12-17-22-23-19(24(17)2)28-13-18(25)21-15-6-4-3-5-7-15/h8-11,15,20H,3-7,12-13H2,1-2H3,(H,21,25). The van der Waals surface area contributed by atoms with E-state index >= 15 is 0 Å². The number of nitrogens with one attached hydrogen (secondary N) is 2. The van der Waals surface area contributed by atoms with E-state index in [2.05, 4.69) is 20.2 Å². The number of amides is 1. The summed E-state index contributed by atoms with van der Waals surface area (Å²) in [6.07, 6.45) is 5.68. The van der Waals surface area contributed by atoms with Crippen LogP contribution in [0.4, 0.5) is 0 Å². The van der Waals surface area contributed by atoms with Crippen LogP contribution in [0, 0.1) is 6.92 Å². The van der Waals surface area contributed by atoms with E-state index in [-0.39, 0.29) is 29.1 Å². The quantitative estimate of drug-likeness (QED) is 0.613. The van der Waals surface area contributed by atoms with Gasteiger partial charge in [0, 0.05) is 13.1 Å². The third-order valence-electron chi connectivity index (χ3n) is 4.98. The van der Waals surface area contributed by atoms with Gasteiger partial charge in [0.2, 0.25) is 15.9 Å². The van der Waals surface area contributed by atoms with Crippen LogP contribution in [-0.2, 0) is 28.4 Å². The summed E-state index contributed by atoms with van der Waals surface area (Å²) in [5.74, 6) is 0.736. The lowest BCUT2D eigenvalue weighted by molar-refractivity contribution is -0.119. The molecule has 1 heterocycles. The fourth-order valence-electron chi connectivity index (χ4n) is 3.23. The van der Waals surface area contributed by atoms with Gasteiger partial charge in [-0.3, -0.25) is 4.79 Å². The van der Waals surface area contributed by atoms with Gasteiger partial charge in [0.05, 0.1) is 17.2 Å². The first-order valence-electron chi connectivity index (χ1n) is 9.72. The van der Waals surface area contributed by atoms with Gasteiger partial charge in [0.15, 0.2) is 5.16 Å². The number of rotatable bonds is 8. The van der Waals surface area contributed by atoms with Crippen LogP contribution in [-0.4, -0.2) is 40.9 Å². The molecule has 0 saturated heterocycles. The summed E-state index contributed by atoms with van der Waals surface area (Å²) < 4.78 is 29.1. The minimum atomic E-state index is -3.63. The molecular formula is C19H27N5O3S2. The number of nitrogens with zero attached hydrogens (tertiary/aromatic N) is 3. The Morgan fingerprint density at radius 3 is 2.55 bits per heavy atom. The van der Waals surface area contributed by atoms with Gasteiger partial charge in [-0.05, 0) is 31.9 Å². The summed E-state index contributed by atoms with van der Waals surface area (Å²) in [7, 11) is -1.87. The third kappa shape index (κ3) is 6.03. The van der Waals surface area contributed by atoms with E-state index < -0.39 is 10.0 Å². The molecule has 29 heavy (non-hydrogen) atoms. The zero-order valence-electron chi connectivity index (χ0n) is 16.7. The maximum absolute atomic E-state index is 12.4. The number of carbonyl (C=O) groups is 1. The molecule has 2 aromatic rings. The Morgan fingerprint density at radius 1 is 1.17 bits per heavy atom. The van der Waals surface area contributed by atoms with Crippen molar-refractivity contribution in [1.29, 1.82) is 0 Å². The van der Waals surface area contributed by atoms with Crippen LogP contribution >= 0.6 is 11.8 Å². The molecule has 0 spiro atoms. The molecule has 0 aliphatic heterocycles. The molecule has 1 aromatic carbocycles. The topological polar surface area (TPSA) is 106 Å². The van der Waals surface area contributed by atoms with E-state index in [0.717, 1.165) is 18.4 Å². The van der Waals surface area contributed by atoms with E-state index in [0.29, 0.717) is 11.0 Å². The minimum absolute atomic E-state index is 0.00785. The van der Waals surface area contributed by atoms with E-state index in [4.69, 9.17) is 0 Å². The Bertz CT molecular complexity index is 935. The molecule has 1 amide bonds. The average Bonchev–Trinajstić information content (AvgIpc) is 3.06. The Morgan fingerprint density at radius 2 is 1.86 bits per heavy atom. The van der Waals surface area contributed by atoms with E-state index in [9.17, 15) is 13.2 Å². The first kappa shape index (κ1) is 21.8. The summed E-state index contributed by atoms with van der Waals surface area (Å²) in [6, 6.07) is 6.93. The molecule has 0 unspecified atom stereocenters. The summed E-state index contributed by atoms with van der Waals surface area (Å²) in [5, 5.41) is 11.8. The Balaban J connectivity index is 1.52. The summed E-state index contributed by atoms with van der Waals surface area (Å²) >= 11 is 1.30. The first-order chi connectivity index (χ1) is 13.8. The number of hydrogen-bond donors (Lipinski definition) is 2. The van der Waals surface area contributed by atoms with E-state index in [1.807, 2.05) is 6.92 Å². The molecule has 0 atom stereocenters. The molecule has 158 valence electrons. The number of benzene rings is 1. The average molecular weight is 438 g/mol. The van der Waals surface area contributed by atoms with Crippen molar-refractivity contribution in [1.82, 2.24) is 24.8 Å². The fraction of sp³-hybridized carbons (Fsp3) is 0.526. The van der Waals surface area contributed by atoms with Crippen molar-refractivity contribution < 1.29 is 13.2 Å². The lowest BCUT2D eigenvalue weighted by atomic mass is 9.95. The van der Waals surface area contributed by atoms with E-state index in [1.165, 1.54) is 31.0 Å². The maximum atomic E-state index is 12.4. The number of sulfonamides is 1. The van der Waals surface area contributed by atoms with Crippen LogP contribution in [0.5, 0.6) is 0 Å². The van der Waals surface area contributed by atoms with Gasteiger partial charge in [-0.2, -0.15) is 0 Å². The molecular weight excluding hydrogens is 410 g/mol. The Hall–Kier alpha value is -1.91. The van der Waals surface area contributed by atoms with E-state index in [1.54, 1.807) is 35.9 Å². The molecule has 0 radical (unpaired) electrons. The lowest BCUT2D eigenvalue weighted by Gasteiger charge is -2.22. The number of carbonyl (C=O) groups excluding carboxylic acids is 1. The monoisotopic (exact) mass is 437 g/mol. The minimum Gasteiger partial charge on any atom is -0.353 e. The predicted octanol–water partition coefficient (Wildman–Crippen LogP) is 2.14. The van der Waals surface area contributed by atoms with Crippen LogP contribution in [0.1, 0.15) is 43.5 Å². The predicted molar refractivity (Wildman–Crippen MR) is 112 cm³/mol. The lowest BCUT2D eigenvalue weighted by Crippen LogP contribution is -2.37. The summed E-state index contributed by atoms with van der Waals surface area (Å²) in [6.45, 7) is 1.92. The summed E-state index contributed by atoms with van der Waals surface area (Å²) in [5.41, 5.74) is 0.992. The second-order valence-corrected chi connectivity index (χ2v) is 10.00. The molecule has 0 bridgehead atoms. The van der Waals surface area contributed by atoms with Crippen molar-refractivity contribution in [3.63, 3.8) is 0 Å². The zero-order valence-corrected chi connectivity index (χ0v) is 18.4. The highest BCUT2D eigenvalue weighted by Gasteiger charge is 2.18.